The van der Waals surface area contributed by atoms with Crippen molar-refractivity contribution < 1.29 is 4.74 Å². The number of para-hydroxylation sites is 1. The Bertz CT molecular complexity index is 471. The molecule has 0 aliphatic rings. The molecule has 1 aromatic heterocycles. The molecule has 0 saturated carbocycles. The van der Waals surface area contributed by atoms with Gasteiger partial charge in [-0.15, -0.1) is 0 Å². The summed E-state index contributed by atoms with van der Waals surface area (Å²) in [6.45, 7) is 4.43. The molecule has 2 rings (SSSR count). The fourth-order valence-corrected chi connectivity index (χ4v) is 1.68. The molecule has 0 spiro atoms. The van der Waals surface area contributed by atoms with Crippen molar-refractivity contribution in [1.29, 1.82) is 0 Å². The standard InChI is InChI=1S/C15H18N2O/c1-13-11-16-8-7-14(13)12-17-9-10-18-15-5-3-2-4-6-15/h2-8,11,17H,9-10,12H2,1H3. The van der Waals surface area contributed by atoms with E-state index < -0.39 is 0 Å². The number of hydrogen-bond donors (Lipinski definition) is 1. The second kappa shape index (κ2) is 6.77. The van der Waals surface area contributed by atoms with Gasteiger partial charge in [0, 0.05) is 25.5 Å². The minimum Gasteiger partial charge on any atom is -0.492 e. The monoisotopic (exact) mass is 242 g/mol. The van der Waals surface area contributed by atoms with E-state index in [9.17, 15) is 0 Å². The number of rotatable bonds is 6. The lowest BCUT2D eigenvalue weighted by Crippen LogP contribution is -2.21. The maximum absolute atomic E-state index is 5.60. The van der Waals surface area contributed by atoms with Gasteiger partial charge in [0.1, 0.15) is 12.4 Å². The Balaban J connectivity index is 1.66. The molecule has 0 unspecified atom stereocenters. The lowest BCUT2D eigenvalue weighted by atomic mass is 10.1. The predicted octanol–water partition coefficient (Wildman–Crippen LogP) is 2.56. The number of pyridine rings is 1. The zero-order chi connectivity index (χ0) is 12.6. The second-order valence-electron chi connectivity index (χ2n) is 4.14. The molecule has 1 heterocycles. The molecule has 18 heavy (non-hydrogen) atoms. The zero-order valence-corrected chi connectivity index (χ0v) is 10.6. The van der Waals surface area contributed by atoms with Crippen LogP contribution in [0.4, 0.5) is 0 Å². The van der Waals surface area contributed by atoms with E-state index in [4.69, 9.17) is 4.74 Å². The van der Waals surface area contributed by atoms with Gasteiger partial charge in [-0.05, 0) is 36.2 Å². The fourth-order valence-electron chi connectivity index (χ4n) is 1.68. The number of benzene rings is 1. The number of nitrogens with one attached hydrogen (secondary N) is 1. The largest absolute Gasteiger partial charge is 0.492 e. The van der Waals surface area contributed by atoms with E-state index in [0.29, 0.717) is 6.61 Å². The first-order valence-corrected chi connectivity index (χ1v) is 6.14. The van der Waals surface area contributed by atoms with Crippen molar-refractivity contribution in [1.82, 2.24) is 10.3 Å². The van der Waals surface area contributed by atoms with Crippen molar-refractivity contribution in [3.63, 3.8) is 0 Å². The van der Waals surface area contributed by atoms with Gasteiger partial charge in [-0.1, -0.05) is 18.2 Å². The van der Waals surface area contributed by atoms with Crippen LogP contribution >= 0.6 is 0 Å². The Morgan fingerprint density at radius 3 is 2.78 bits per heavy atom. The average Bonchev–Trinajstić information content (AvgIpc) is 2.42. The van der Waals surface area contributed by atoms with E-state index in [2.05, 4.69) is 17.2 Å². The van der Waals surface area contributed by atoms with Crippen LogP contribution in [0.3, 0.4) is 0 Å². The highest BCUT2D eigenvalue weighted by Gasteiger charge is 1.97. The highest BCUT2D eigenvalue weighted by Crippen LogP contribution is 2.07. The van der Waals surface area contributed by atoms with Gasteiger partial charge >= 0.3 is 0 Å². The van der Waals surface area contributed by atoms with E-state index >= 15 is 0 Å². The molecule has 0 saturated heterocycles. The highest BCUT2D eigenvalue weighted by atomic mass is 16.5. The molecule has 1 N–H and O–H groups in total. The molecule has 1 aromatic carbocycles. The zero-order valence-electron chi connectivity index (χ0n) is 10.6. The van der Waals surface area contributed by atoms with Crippen LogP contribution in [0.25, 0.3) is 0 Å². The quantitative estimate of drug-likeness (QED) is 0.790. The molecule has 3 heteroatoms. The van der Waals surface area contributed by atoms with E-state index in [1.54, 1.807) is 0 Å². The lowest BCUT2D eigenvalue weighted by molar-refractivity contribution is 0.313. The van der Waals surface area contributed by atoms with Crippen LogP contribution in [0.5, 0.6) is 5.75 Å². The number of aryl methyl sites for hydroxylation is 1. The normalized spacial score (nSPS) is 10.3. The van der Waals surface area contributed by atoms with Gasteiger partial charge in [0.05, 0.1) is 0 Å². The summed E-state index contributed by atoms with van der Waals surface area (Å²) >= 11 is 0. The molecule has 94 valence electrons. The molecular weight excluding hydrogens is 224 g/mol. The SMILES string of the molecule is Cc1cnccc1CNCCOc1ccccc1. The summed E-state index contributed by atoms with van der Waals surface area (Å²) in [6, 6.07) is 11.9. The molecule has 0 radical (unpaired) electrons. The fraction of sp³-hybridized carbons (Fsp3) is 0.267. The van der Waals surface area contributed by atoms with Gasteiger partial charge in [-0.3, -0.25) is 4.98 Å². The van der Waals surface area contributed by atoms with E-state index in [1.807, 2.05) is 48.8 Å². The van der Waals surface area contributed by atoms with E-state index in [-0.39, 0.29) is 0 Å². The third kappa shape index (κ3) is 3.86. The van der Waals surface area contributed by atoms with Gasteiger partial charge in [0.2, 0.25) is 0 Å². The van der Waals surface area contributed by atoms with Crippen LogP contribution in [0.15, 0.2) is 48.8 Å². The van der Waals surface area contributed by atoms with Crippen LogP contribution in [0, 0.1) is 6.92 Å². The third-order valence-corrected chi connectivity index (χ3v) is 2.74. The number of aromatic nitrogens is 1. The van der Waals surface area contributed by atoms with Crippen LogP contribution in [-0.2, 0) is 6.54 Å². The van der Waals surface area contributed by atoms with E-state index in [0.717, 1.165) is 18.8 Å². The summed E-state index contributed by atoms with van der Waals surface area (Å²) in [5.41, 5.74) is 2.50. The Morgan fingerprint density at radius 2 is 2.00 bits per heavy atom. The topological polar surface area (TPSA) is 34.2 Å². The molecular formula is C15H18N2O. The maximum atomic E-state index is 5.60. The van der Waals surface area contributed by atoms with E-state index in [1.165, 1.54) is 11.1 Å². The van der Waals surface area contributed by atoms with Crippen molar-refractivity contribution in [3.05, 3.63) is 59.9 Å². The van der Waals surface area contributed by atoms with Crippen LogP contribution < -0.4 is 10.1 Å². The van der Waals surface area contributed by atoms with Crippen molar-refractivity contribution in [2.24, 2.45) is 0 Å². The number of hydrogen-bond acceptors (Lipinski definition) is 3. The molecule has 0 atom stereocenters. The van der Waals surface area contributed by atoms with Crippen LogP contribution in [-0.4, -0.2) is 18.1 Å². The minimum absolute atomic E-state index is 0.675. The van der Waals surface area contributed by atoms with Gasteiger partial charge < -0.3 is 10.1 Å². The third-order valence-electron chi connectivity index (χ3n) is 2.74. The molecule has 0 bridgehead atoms. The highest BCUT2D eigenvalue weighted by molar-refractivity contribution is 5.21. The van der Waals surface area contributed by atoms with Gasteiger partial charge in [0.25, 0.3) is 0 Å². The van der Waals surface area contributed by atoms with Crippen molar-refractivity contribution in [3.8, 4) is 5.75 Å². The van der Waals surface area contributed by atoms with Crippen molar-refractivity contribution >= 4 is 0 Å². The first kappa shape index (κ1) is 12.6. The predicted molar refractivity (Wildman–Crippen MR) is 72.6 cm³/mol. The van der Waals surface area contributed by atoms with Crippen LogP contribution in [0.2, 0.25) is 0 Å². The van der Waals surface area contributed by atoms with Gasteiger partial charge in [0.15, 0.2) is 0 Å². The number of ether oxygens (including phenoxy) is 1. The summed E-state index contributed by atoms with van der Waals surface area (Å²) in [6.07, 6.45) is 3.71. The Morgan fingerprint density at radius 1 is 1.17 bits per heavy atom. The number of nitrogens with zero attached hydrogens (tertiary/aromatic N) is 1. The average molecular weight is 242 g/mol. The van der Waals surface area contributed by atoms with Gasteiger partial charge in [-0.25, -0.2) is 0 Å². The first-order chi connectivity index (χ1) is 8.86. The Hall–Kier alpha value is -1.87. The van der Waals surface area contributed by atoms with Crippen molar-refractivity contribution in [2.45, 2.75) is 13.5 Å². The second-order valence-corrected chi connectivity index (χ2v) is 4.14. The lowest BCUT2D eigenvalue weighted by Gasteiger charge is -2.08. The van der Waals surface area contributed by atoms with Crippen LogP contribution in [0.1, 0.15) is 11.1 Å². The summed E-state index contributed by atoms with van der Waals surface area (Å²) in [5, 5.41) is 3.36. The molecule has 2 aromatic rings. The molecule has 0 fully saturated rings. The van der Waals surface area contributed by atoms with Gasteiger partial charge in [-0.2, -0.15) is 0 Å². The summed E-state index contributed by atoms with van der Waals surface area (Å²) in [7, 11) is 0. The summed E-state index contributed by atoms with van der Waals surface area (Å²) in [4.78, 5) is 4.08. The molecule has 3 nitrogen and oxygen atoms in total. The smallest absolute Gasteiger partial charge is 0.119 e. The molecule has 0 aliphatic heterocycles. The minimum atomic E-state index is 0.675. The Kier molecular flexibility index (Phi) is 4.73. The summed E-state index contributed by atoms with van der Waals surface area (Å²) < 4.78 is 5.60. The molecule has 0 aliphatic carbocycles. The summed E-state index contributed by atoms with van der Waals surface area (Å²) in [5.74, 6) is 0.916. The first-order valence-electron chi connectivity index (χ1n) is 6.14. The maximum Gasteiger partial charge on any atom is 0.119 e. The van der Waals surface area contributed by atoms with Crippen molar-refractivity contribution in [2.75, 3.05) is 13.2 Å². The Labute approximate surface area is 108 Å². The molecule has 0 amide bonds.